The van der Waals surface area contributed by atoms with Crippen LogP contribution in [0.15, 0.2) is 42.5 Å². The second-order valence-electron chi connectivity index (χ2n) is 9.96. The Hall–Kier alpha value is -3.62. The molecule has 0 aliphatic heterocycles. The Morgan fingerprint density at radius 3 is 2.57 bits per heavy atom. The third-order valence-electron chi connectivity index (χ3n) is 6.99. The number of benzene rings is 2. The summed E-state index contributed by atoms with van der Waals surface area (Å²) in [5.41, 5.74) is 2.14. The van der Waals surface area contributed by atoms with E-state index >= 15 is 0 Å². The Morgan fingerprint density at radius 2 is 1.86 bits per heavy atom. The number of nitrogens with zero attached hydrogens (tertiary/aromatic N) is 4. The number of rotatable bonds is 11. The molecule has 0 unspecified atom stereocenters. The van der Waals surface area contributed by atoms with Crippen molar-refractivity contribution < 1.29 is 19.1 Å². The van der Waals surface area contributed by atoms with Gasteiger partial charge in [0.2, 0.25) is 11.8 Å². The average molecular weight is 508 g/mol. The van der Waals surface area contributed by atoms with Gasteiger partial charge in [0.1, 0.15) is 29.6 Å². The van der Waals surface area contributed by atoms with E-state index in [0.29, 0.717) is 29.5 Å². The zero-order valence-electron chi connectivity index (χ0n) is 22.1. The molecule has 1 aliphatic rings. The van der Waals surface area contributed by atoms with Crippen LogP contribution in [0.25, 0.3) is 11.0 Å². The molecule has 4 rings (SSSR count). The van der Waals surface area contributed by atoms with Crippen molar-refractivity contribution in [3.8, 4) is 11.5 Å². The molecule has 1 aliphatic carbocycles. The number of carbonyl (C=O) groups is 2. The van der Waals surface area contributed by atoms with Gasteiger partial charge in [-0.2, -0.15) is 0 Å². The predicted octanol–water partition coefficient (Wildman–Crippen LogP) is 4.12. The van der Waals surface area contributed by atoms with E-state index in [1.807, 2.05) is 30.3 Å². The zero-order valence-corrected chi connectivity index (χ0v) is 22.1. The van der Waals surface area contributed by atoms with Gasteiger partial charge in [-0.05, 0) is 49.4 Å². The predicted molar refractivity (Wildman–Crippen MR) is 141 cm³/mol. The van der Waals surface area contributed by atoms with E-state index in [-0.39, 0.29) is 24.4 Å². The first-order chi connectivity index (χ1) is 17.9. The molecule has 9 nitrogen and oxygen atoms in total. The Labute approximate surface area is 218 Å². The van der Waals surface area contributed by atoms with Crippen LogP contribution in [-0.2, 0) is 16.1 Å². The van der Waals surface area contributed by atoms with Crippen LogP contribution in [0, 0.1) is 5.92 Å². The SMILES string of the molecule is COc1ccc([C@@H](C(=O)NCCC(C)C)N(C(=O)Cn2nnc3ccccc32)C2CCCC2)c(OC)c1. The number of fused-ring (bicyclic) bond motifs is 1. The van der Waals surface area contributed by atoms with Crippen molar-refractivity contribution in [3.05, 3.63) is 48.0 Å². The maximum atomic E-state index is 14.1. The standard InChI is InChI=1S/C28H37N5O4/c1-19(2)15-16-29-28(35)27(22-14-13-21(36-3)17-25(22)37-4)33(20-9-5-6-10-20)26(34)18-32-24-12-8-7-11-23(24)30-31-32/h7-8,11-14,17,19-20,27H,5-6,9-10,15-16,18H2,1-4H3,(H,29,35)/t27-/m0/s1. The smallest absolute Gasteiger partial charge is 0.247 e. The summed E-state index contributed by atoms with van der Waals surface area (Å²) in [5, 5.41) is 11.5. The number of carbonyl (C=O) groups excluding carboxylic acids is 2. The fourth-order valence-corrected chi connectivity index (χ4v) is 5.03. The second kappa shape index (κ2) is 12.1. The molecule has 1 heterocycles. The van der Waals surface area contributed by atoms with Crippen LogP contribution in [0.4, 0.5) is 0 Å². The summed E-state index contributed by atoms with van der Waals surface area (Å²) < 4.78 is 12.7. The molecule has 3 aromatic rings. The van der Waals surface area contributed by atoms with Crippen molar-refractivity contribution in [1.82, 2.24) is 25.2 Å². The van der Waals surface area contributed by atoms with Crippen LogP contribution in [-0.4, -0.2) is 58.5 Å². The van der Waals surface area contributed by atoms with Gasteiger partial charge in [-0.15, -0.1) is 5.10 Å². The summed E-state index contributed by atoms with van der Waals surface area (Å²) in [4.78, 5) is 29.7. The molecular weight excluding hydrogens is 470 g/mol. The highest BCUT2D eigenvalue weighted by molar-refractivity contribution is 5.90. The van der Waals surface area contributed by atoms with Crippen molar-refractivity contribution in [2.45, 2.75) is 64.6 Å². The Bertz CT molecular complexity index is 1220. The first-order valence-corrected chi connectivity index (χ1v) is 13.0. The van der Waals surface area contributed by atoms with Gasteiger partial charge in [-0.1, -0.05) is 44.0 Å². The lowest BCUT2D eigenvalue weighted by Gasteiger charge is -2.36. The first kappa shape index (κ1) is 26.4. The number of hydrogen-bond donors (Lipinski definition) is 1. The van der Waals surface area contributed by atoms with E-state index in [1.165, 1.54) is 0 Å². The summed E-state index contributed by atoms with van der Waals surface area (Å²) in [6.07, 6.45) is 4.57. The summed E-state index contributed by atoms with van der Waals surface area (Å²) in [7, 11) is 3.15. The number of aromatic nitrogens is 3. The van der Waals surface area contributed by atoms with Crippen molar-refractivity contribution in [2.24, 2.45) is 5.92 Å². The minimum Gasteiger partial charge on any atom is -0.497 e. The third kappa shape index (κ3) is 6.03. The van der Waals surface area contributed by atoms with Gasteiger partial charge in [0.15, 0.2) is 0 Å². The minimum atomic E-state index is -0.849. The number of hydrogen-bond acceptors (Lipinski definition) is 6. The average Bonchev–Trinajstić information content (AvgIpc) is 3.57. The zero-order chi connectivity index (χ0) is 26.4. The van der Waals surface area contributed by atoms with Crippen LogP contribution < -0.4 is 14.8 Å². The maximum Gasteiger partial charge on any atom is 0.247 e. The topological polar surface area (TPSA) is 98.6 Å². The first-order valence-electron chi connectivity index (χ1n) is 13.0. The highest BCUT2D eigenvalue weighted by Crippen LogP contribution is 2.37. The van der Waals surface area contributed by atoms with Gasteiger partial charge in [-0.3, -0.25) is 9.59 Å². The highest BCUT2D eigenvalue weighted by Gasteiger charge is 2.39. The normalized spacial score (nSPS) is 14.6. The van der Waals surface area contributed by atoms with Crippen LogP contribution in [0.5, 0.6) is 11.5 Å². The molecule has 198 valence electrons. The molecule has 0 radical (unpaired) electrons. The van der Waals surface area contributed by atoms with Gasteiger partial charge >= 0.3 is 0 Å². The molecule has 1 saturated carbocycles. The van der Waals surface area contributed by atoms with Gasteiger partial charge in [0, 0.05) is 24.2 Å². The summed E-state index contributed by atoms with van der Waals surface area (Å²) in [6.45, 7) is 4.76. The van der Waals surface area contributed by atoms with E-state index in [9.17, 15) is 9.59 Å². The minimum absolute atomic E-state index is 0.00867. The van der Waals surface area contributed by atoms with Gasteiger partial charge in [0.25, 0.3) is 0 Å². The fourth-order valence-electron chi connectivity index (χ4n) is 5.03. The quantitative estimate of drug-likeness (QED) is 0.419. The molecule has 2 amide bonds. The number of amides is 2. The molecule has 0 bridgehead atoms. The van der Waals surface area contributed by atoms with Gasteiger partial charge < -0.3 is 19.7 Å². The third-order valence-corrected chi connectivity index (χ3v) is 6.99. The van der Waals surface area contributed by atoms with Crippen LogP contribution in [0.3, 0.4) is 0 Å². The highest BCUT2D eigenvalue weighted by atomic mass is 16.5. The summed E-state index contributed by atoms with van der Waals surface area (Å²) >= 11 is 0. The van der Waals surface area contributed by atoms with Crippen LogP contribution in [0.2, 0.25) is 0 Å². The molecule has 37 heavy (non-hydrogen) atoms. The fraction of sp³-hybridized carbons (Fsp3) is 0.500. The van der Waals surface area contributed by atoms with Gasteiger partial charge in [0.05, 0.1) is 19.7 Å². The summed E-state index contributed by atoms with van der Waals surface area (Å²) in [6, 6.07) is 12.0. The number of nitrogens with one attached hydrogen (secondary N) is 1. The molecule has 0 spiro atoms. The van der Waals surface area contributed by atoms with Crippen molar-refractivity contribution in [3.63, 3.8) is 0 Å². The Morgan fingerprint density at radius 1 is 1.11 bits per heavy atom. The molecule has 1 atom stereocenters. The lowest BCUT2D eigenvalue weighted by atomic mass is 9.99. The molecule has 0 saturated heterocycles. The van der Waals surface area contributed by atoms with Crippen LogP contribution >= 0.6 is 0 Å². The van der Waals surface area contributed by atoms with Crippen molar-refractivity contribution >= 4 is 22.8 Å². The van der Waals surface area contributed by atoms with E-state index in [1.54, 1.807) is 35.9 Å². The molecular formula is C28H37N5O4. The largest absolute Gasteiger partial charge is 0.497 e. The second-order valence-corrected chi connectivity index (χ2v) is 9.96. The van der Waals surface area contributed by atoms with Crippen LogP contribution in [0.1, 0.15) is 57.6 Å². The van der Waals surface area contributed by atoms with E-state index in [0.717, 1.165) is 43.1 Å². The molecule has 2 aromatic carbocycles. The molecule has 1 aromatic heterocycles. The Kier molecular flexibility index (Phi) is 8.63. The molecule has 1 fully saturated rings. The molecule has 1 N–H and O–H groups in total. The van der Waals surface area contributed by atoms with E-state index < -0.39 is 6.04 Å². The Balaban J connectivity index is 1.74. The number of para-hydroxylation sites is 1. The molecule has 9 heteroatoms. The maximum absolute atomic E-state index is 14.1. The summed E-state index contributed by atoms with van der Waals surface area (Å²) in [5.74, 6) is 1.18. The van der Waals surface area contributed by atoms with Crippen molar-refractivity contribution in [2.75, 3.05) is 20.8 Å². The number of methoxy groups -OCH3 is 2. The monoisotopic (exact) mass is 507 g/mol. The number of ether oxygens (including phenoxy) is 2. The van der Waals surface area contributed by atoms with E-state index in [4.69, 9.17) is 9.47 Å². The van der Waals surface area contributed by atoms with Gasteiger partial charge in [-0.25, -0.2) is 4.68 Å². The lowest BCUT2D eigenvalue weighted by molar-refractivity contribution is -0.144. The lowest BCUT2D eigenvalue weighted by Crippen LogP contribution is -2.49. The van der Waals surface area contributed by atoms with E-state index in [2.05, 4.69) is 29.5 Å². The van der Waals surface area contributed by atoms with Crippen molar-refractivity contribution in [1.29, 1.82) is 0 Å².